The van der Waals surface area contributed by atoms with Crippen molar-refractivity contribution in [3.8, 4) is 5.88 Å². The number of nitrogens with one attached hydrogen (secondary N) is 4. The number of benzene rings is 1. The van der Waals surface area contributed by atoms with Crippen molar-refractivity contribution in [3.63, 3.8) is 0 Å². The molecule has 2 heterocycles. The predicted octanol–water partition coefficient (Wildman–Crippen LogP) is 3.85. The molecule has 0 saturated carbocycles. The third-order valence-electron chi connectivity index (χ3n) is 4.17. The number of hydrogen-bond acceptors (Lipinski definition) is 8. The van der Waals surface area contributed by atoms with Gasteiger partial charge in [-0.25, -0.2) is 9.97 Å². The second kappa shape index (κ2) is 9.94. The van der Waals surface area contributed by atoms with Crippen molar-refractivity contribution in [3.05, 3.63) is 54.4 Å². The summed E-state index contributed by atoms with van der Waals surface area (Å²) in [6.07, 6.45) is 3.04. The summed E-state index contributed by atoms with van der Waals surface area (Å²) in [6, 6.07) is 10.6. The molecule has 1 aromatic carbocycles. The second-order valence-corrected chi connectivity index (χ2v) is 8.26. The molecule has 0 unspecified atom stereocenters. The van der Waals surface area contributed by atoms with E-state index in [0.29, 0.717) is 28.8 Å². The molecule has 2 amide bonds. The first kappa shape index (κ1) is 23.5. The van der Waals surface area contributed by atoms with Crippen LogP contribution in [-0.2, 0) is 4.79 Å². The van der Waals surface area contributed by atoms with Gasteiger partial charge in [-0.15, -0.1) is 0 Å². The molecule has 3 aromatic rings. The van der Waals surface area contributed by atoms with Crippen LogP contribution in [0.3, 0.4) is 0 Å². The van der Waals surface area contributed by atoms with Crippen molar-refractivity contribution in [1.29, 1.82) is 0 Å². The average molecular weight is 450 g/mol. The normalized spacial score (nSPS) is 10.8. The largest absolute Gasteiger partial charge is 0.481 e. The zero-order valence-corrected chi connectivity index (χ0v) is 19.2. The molecule has 0 saturated heterocycles. The van der Waals surface area contributed by atoms with E-state index in [4.69, 9.17) is 4.74 Å². The van der Waals surface area contributed by atoms with Crippen LogP contribution in [-0.4, -0.2) is 39.4 Å². The highest BCUT2D eigenvalue weighted by atomic mass is 16.5. The van der Waals surface area contributed by atoms with Crippen molar-refractivity contribution in [1.82, 2.24) is 20.3 Å². The Balaban J connectivity index is 1.93. The van der Waals surface area contributed by atoms with E-state index in [-0.39, 0.29) is 23.3 Å². The zero-order valence-electron chi connectivity index (χ0n) is 19.2. The Kier molecular flexibility index (Phi) is 7.07. The molecule has 10 heteroatoms. The van der Waals surface area contributed by atoms with Crippen molar-refractivity contribution in [2.75, 3.05) is 23.1 Å². The van der Waals surface area contributed by atoms with Gasteiger partial charge in [-0.1, -0.05) is 6.07 Å². The third kappa shape index (κ3) is 6.89. The van der Waals surface area contributed by atoms with Gasteiger partial charge in [0.1, 0.15) is 11.4 Å². The SMILES string of the molecule is COc1ccc(Nc2ncc(C(=O)NC(C)(C)C)c(Nc3cccc(NC(C)=O)c3)n2)cn1. The van der Waals surface area contributed by atoms with Gasteiger partial charge in [0.25, 0.3) is 5.91 Å². The highest BCUT2D eigenvalue weighted by Gasteiger charge is 2.20. The molecule has 0 aliphatic carbocycles. The number of hydrogen-bond donors (Lipinski definition) is 4. The van der Waals surface area contributed by atoms with Crippen LogP contribution in [0.2, 0.25) is 0 Å². The van der Waals surface area contributed by atoms with E-state index in [2.05, 4.69) is 36.2 Å². The van der Waals surface area contributed by atoms with E-state index in [1.807, 2.05) is 20.8 Å². The Bertz CT molecular complexity index is 1140. The first-order valence-electron chi connectivity index (χ1n) is 10.2. The maximum Gasteiger partial charge on any atom is 0.257 e. The molecule has 0 bridgehead atoms. The van der Waals surface area contributed by atoms with Crippen LogP contribution in [0.1, 0.15) is 38.1 Å². The van der Waals surface area contributed by atoms with Crippen molar-refractivity contribution < 1.29 is 14.3 Å². The van der Waals surface area contributed by atoms with Crippen molar-refractivity contribution in [2.24, 2.45) is 0 Å². The Hall–Kier alpha value is -4.21. The number of methoxy groups -OCH3 is 1. The highest BCUT2D eigenvalue weighted by Crippen LogP contribution is 2.24. The number of carbonyl (C=O) groups excluding carboxylic acids is 2. The van der Waals surface area contributed by atoms with Crippen LogP contribution in [0.15, 0.2) is 48.8 Å². The summed E-state index contributed by atoms with van der Waals surface area (Å²) in [7, 11) is 1.54. The summed E-state index contributed by atoms with van der Waals surface area (Å²) < 4.78 is 5.07. The fraction of sp³-hybridized carbons (Fsp3) is 0.261. The van der Waals surface area contributed by atoms with E-state index in [1.54, 1.807) is 49.7 Å². The second-order valence-electron chi connectivity index (χ2n) is 8.26. The van der Waals surface area contributed by atoms with Gasteiger partial charge >= 0.3 is 0 Å². The van der Waals surface area contributed by atoms with Gasteiger partial charge in [-0.2, -0.15) is 4.98 Å². The maximum absolute atomic E-state index is 12.9. The molecule has 0 radical (unpaired) electrons. The average Bonchev–Trinajstić information content (AvgIpc) is 2.73. The number of rotatable bonds is 7. The molecule has 4 N–H and O–H groups in total. The molecule has 172 valence electrons. The summed E-state index contributed by atoms with van der Waals surface area (Å²) in [6.45, 7) is 7.11. The minimum Gasteiger partial charge on any atom is -0.481 e. The number of nitrogens with zero attached hydrogens (tertiary/aromatic N) is 3. The first-order valence-corrected chi connectivity index (χ1v) is 10.2. The van der Waals surface area contributed by atoms with Crippen LogP contribution >= 0.6 is 0 Å². The molecule has 2 aromatic heterocycles. The Morgan fingerprint density at radius 1 is 0.939 bits per heavy atom. The maximum atomic E-state index is 12.9. The molecule has 10 nitrogen and oxygen atoms in total. The Morgan fingerprint density at radius 3 is 2.33 bits per heavy atom. The van der Waals surface area contributed by atoms with E-state index in [0.717, 1.165) is 0 Å². The van der Waals surface area contributed by atoms with Crippen LogP contribution in [0.4, 0.5) is 28.8 Å². The molecule has 0 spiro atoms. The summed E-state index contributed by atoms with van der Waals surface area (Å²) in [4.78, 5) is 37.2. The minimum atomic E-state index is -0.439. The van der Waals surface area contributed by atoms with Crippen LogP contribution in [0.25, 0.3) is 0 Å². The molecule has 33 heavy (non-hydrogen) atoms. The summed E-state index contributed by atoms with van der Waals surface area (Å²) in [5, 5.41) is 11.9. The fourth-order valence-corrected chi connectivity index (χ4v) is 2.83. The lowest BCUT2D eigenvalue weighted by Crippen LogP contribution is -2.41. The third-order valence-corrected chi connectivity index (χ3v) is 4.17. The lowest BCUT2D eigenvalue weighted by Gasteiger charge is -2.21. The predicted molar refractivity (Wildman–Crippen MR) is 127 cm³/mol. The fourth-order valence-electron chi connectivity index (χ4n) is 2.83. The lowest BCUT2D eigenvalue weighted by molar-refractivity contribution is -0.114. The number of ether oxygens (including phenoxy) is 1. The summed E-state index contributed by atoms with van der Waals surface area (Å²) in [5.41, 5.74) is 1.74. The molecule has 0 aliphatic rings. The zero-order chi connectivity index (χ0) is 24.0. The van der Waals surface area contributed by atoms with Crippen LogP contribution in [0.5, 0.6) is 5.88 Å². The molecular formula is C23H27N7O3. The van der Waals surface area contributed by atoms with Gasteiger partial charge in [-0.05, 0) is 45.0 Å². The summed E-state index contributed by atoms with van der Waals surface area (Å²) in [5.74, 6) is 0.558. The number of pyridine rings is 1. The molecular weight excluding hydrogens is 422 g/mol. The lowest BCUT2D eigenvalue weighted by atomic mass is 10.1. The molecule has 0 fully saturated rings. The minimum absolute atomic E-state index is 0.181. The van der Waals surface area contributed by atoms with Crippen molar-refractivity contribution in [2.45, 2.75) is 33.2 Å². The van der Waals surface area contributed by atoms with Gasteiger partial charge < -0.3 is 26.0 Å². The number of aromatic nitrogens is 3. The van der Waals surface area contributed by atoms with Crippen LogP contribution in [0, 0.1) is 0 Å². The van der Waals surface area contributed by atoms with Gasteiger partial charge in [-0.3, -0.25) is 9.59 Å². The topological polar surface area (TPSA) is 130 Å². The smallest absolute Gasteiger partial charge is 0.257 e. The van der Waals surface area contributed by atoms with Crippen molar-refractivity contribution >= 4 is 40.6 Å². The highest BCUT2D eigenvalue weighted by molar-refractivity contribution is 5.99. The molecule has 0 atom stereocenters. The quantitative estimate of drug-likeness (QED) is 0.428. The number of amides is 2. The van der Waals surface area contributed by atoms with Gasteiger partial charge in [0.15, 0.2) is 0 Å². The summed E-state index contributed by atoms with van der Waals surface area (Å²) >= 11 is 0. The van der Waals surface area contributed by atoms with E-state index < -0.39 is 5.54 Å². The Morgan fingerprint density at radius 2 is 1.70 bits per heavy atom. The molecule has 0 aliphatic heterocycles. The first-order chi connectivity index (χ1) is 15.6. The van der Waals surface area contributed by atoms with E-state index in [9.17, 15) is 9.59 Å². The number of carbonyl (C=O) groups is 2. The van der Waals surface area contributed by atoms with E-state index >= 15 is 0 Å². The van der Waals surface area contributed by atoms with Gasteiger partial charge in [0.05, 0.1) is 19.0 Å². The van der Waals surface area contributed by atoms with Gasteiger partial charge in [0, 0.05) is 36.1 Å². The van der Waals surface area contributed by atoms with Crippen LogP contribution < -0.4 is 26.0 Å². The molecule has 3 rings (SSSR count). The van der Waals surface area contributed by atoms with Gasteiger partial charge in [0.2, 0.25) is 17.7 Å². The number of anilines is 5. The monoisotopic (exact) mass is 449 g/mol. The standard InChI is InChI=1S/C23H27N7O3/c1-14(31)26-15-7-6-8-16(11-15)27-20-18(21(32)30-23(2,3)4)13-25-22(29-20)28-17-9-10-19(33-5)24-12-17/h6-13H,1-5H3,(H,26,31)(H,30,32)(H2,25,27,28,29). The Labute approximate surface area is 192 Å². The van der Waals surface area contributed by atoms with E-state index in [1.165, 1.54) is 13.1 Å².